The summed E-state index contributed by atoms with van der Waals surface area (Å²) in [4.78, 5) is 25.8. The molecule has 1 rings (SSSR count). The first kappa shape index (κ1) is 12.9. The van der Waals surface area contributed by atoms with E-state index in [0.29, 0.717) is 13.1 Å². The second-order valence-corrected chi connectivity index (χ2v) is 3.70. The Balaban J connectivity index is 2.32. The van der Waals surface area contributed by atoms with Crippen molar-refractivity contribution in [1.82, 2.24) is 9.80 Å². The molecule has 1 saturated heterocycles. The monoisotopic (exact) mass is 229 g/mol. The van der Waals surface area contributed by atoms with E-state index in [1.807, 2.05) is 6.92 Å². The van der Waals surface area contributed by atoms with Crippen LogP contribution in [0.2, 0.25) is 0 Å². The van der Waals surface area contributed by atoms with Crippen LogP contribution in [0, 0.1) is 0 Å². The third kappa shape index (κ3) is 3.79. The quantitative estimate of drug-likeness (QED) is 0.605. The highest BCUT2D eigenvalue weighted by Gasteiger charge is 2.18. The van der Waals surface area contributed by atoms with Crippen molar-refractivity contribution < 1.29 is 14.3 Å². The average Bonchev–Trinajstić information content (AvgIpc) is 2.30. The van der Waals surface area contributed by atoms with E-state index in [9.17, 15) is 9.59 Å². The maximum absolute atomic E-state index is 11.4. The van der Waals surface area contributed by atoms with Crippen LogP contribution in [-0.4, -0.2) is 67.6 Å². The number of nitrogens with zero attached hydrogens (tertiary/aromatic N) is 2. The lowest BCUT2D eigenvalue weighted by Gasteiger charge is -2.29. The van der Waals surface area contributed by atoms with Gasteiger partial charge in [0.1, 0.15) is 0 Å². The fourth-order valence-corrected chi connectivity index (χ4v) is 1.65. The van der Waals surface area contributed by atoms with Gasteiger partial charge < -0.3 is 15.4 Å². The second-order valence-electron chi connectivity index (χ2n) is 3.70. The molecule has 0 radical (unpaired) electrons. The first-order valence-corrected chi connectivity index (χ1v) is 5.54. The minimum atomic E-state index is -0.885. The van der Waals surface area contributed by atoms with Gasteiger partial charge in [0.25, 0.3) is 0 Å². The molecular weight excluding hydrogens is 210 g/mol. The highest BCUT2D eigenvalue weighted by molar-refractivity contribution is 6.34. The molecule has 16 heavy (non-hydrogen) atoms. The lowest BCUT2D eigenvalue weighted by Crippen LogP contribution is -2.46. The standard InChI is InChI=1S/C10H19N3O3/c1-2-13(10(15)9(11)14)4-3-12-5-7-16-8-6-12/h2-8H2,1H3,(H2,11,14). The average molecular weight is 229 g/mol. The van der Waals surface area contributed by atoms with Crippen LogP contribution in [0.4, 0.5) is 0 Å². The molecule has 2 N–H and O–H groups in total. The minimum absolute atomic E-state index is 0.506. The number of likely N-dealkylation sites (N-methyl/N-ethyl adjacent to an activating group) is 1. The molecule has 0 bridgehead atoms. The number of hydrogen-bond donors (Lipinski definition) is 1. The highest BCUT2D eigenvalue weighted by atomic mass is 16.5. The Kier molecular flexibility index (Phi) is 5.21. The maximum atomic E-state index is 11.4. The summed E-state index contributed by atoms with van der Waals surface area (Å²) in [6.45, 7) is 6.86. The third-order valence-corrected chi connectivity index (χ3v) is 2.67. The van der Waals surface area contributed by atoms with E-state index in [1.54, 1.807) is 0 Å². The number of hydrogen-bond acceptors (Lipinski definition) is 4. The first-order valence-electron chi connectivity index (χ1n) is 5.54. The minimum Gasteiger partial charge on any atom is -0.379 e. The predicted molar refractivity (Wildman–Crippen MR) is 58.7 cm³/mol. The van der Waals surface area contributed by atoms with Crippen molar-refractivity contribution in [2.75, 3.05) is 45.9 Å². The zero-order valence-corrected chi connectivity index (χ0v) is 9.65. The number of rotatable bonds is 4. The molecule has 0 aromatic heterocycles. The van der Waals surface area contributed by atoms with Gasteiger partial charge >= 0.3 is 11.8 Å². The molecule has 92 valence electrons. The summed E-state index contributed by atoms with van der Waals surface area (Å²) in [7, 11) is 0. The molecule has 1 fully saturated rings. The molecule has 1 heterocycles. The fourth-order valence-electron chi connectivity index (χ4n) is 1.65. The summed E-state index contributed by atoms with van der Waals surface area (Å²) in [6.07, 6.45) is 0. The molecule has 1 aliphatic heterocycles. The van der Waals surface area contributed by atoms with Crippen molar-refractivity contribution in [3.63, 3.8) is 0 Å². The van der Waals surface area contributed by atoms with Crippen molar-refractivity contribution in [1.29, 1.82) is 0 Å². The lowest BCUT2D eigenvalue weighted by atomic mass is 10.3. The molecule has 0 aliphatic carbocycles. The van der Waals surface area contributed by atoms with Gasteiger partial charge in [0, 0.05) is 32.7 Å². The largest absolute Gasteiger partial charge is 0.379 e. The van der Waals surface area contributed by atoms with Crippen molar-refractivity contribution in [3.05, 3.63) is 0 Å². The Morgan fingerprint density at radius 2 is 2.00 bits per heavy atom. The van der Waals surface area contributed by atoms with Gasteiger partial charge in [-0.05, 0) is 6.92 Å². The number of carbonyl (C=O) groups is 2. The van der Waals surface area contributed by atoms with Crippen molar-refractivity contribution in [2.45, 2.75) is 6.92 Å². The number of amides is 2. The summed E-state index contributed by atoms with van der Waals surface area (Å²) < 4.78 is 5.22. The summed E-state index contributed by atoms with van der Waals surface area (Å²) in [5.74, 6) is -1.49. The van der Waals surface area contributed by atoms with Crippen LogP contribution in [0.3, 0.4) is 0 Å². The zero-order valence-electron chi connectivity index (χ0n) is 9.65. The Morgan fingerprint density at radius 1 is 1.38 bits per heavy atom. The van der Waals surface area contributed by atoms with Crippen molar-refractivity contribution in [2.24, 2.45) is 5.73 Å². The zero-order chi connectivity index (χ0) is 12.0. The van der Waals surface area contributed by atoms with E-state index >= 15 is 0 Å². The van der Waals surface area contributed by atoms with E-state index in [2.05, 4.69) is 4.90 Å². The Morgan fingerprint density at radius 3 is 2.50 bits per heavy atom. The topological polar surface area (TPSA) is 75.9 Å². The highest BCUT2D eigenvalue weighted by Crippen LogP contribution is 1.98. The van der Waals surface area contributed by atoms with Crippen LogP contribution in [0.1, 0.15) is 6.92 Å². The number of ether oxygens (including phenoxy) is 1. The number of carbonyl (C=O) groups excluding carboxylic acids is 2. The van der Waals surface area contributed by atoms with Gasteiger partial charge in [-0.3, -0.25) is 14.5 Å². The first-order chi connectivity index (χ1) is 7.65. The van der Waals surface area contributed by atoms with E-state index in [4.69, 9.17) is 10.5 Å². The molecule has 6 nitrogen and oxygen atoms in total. The number of morpholine rings is 1. The summed E-state index contributed by atoms with van der Waals surface area (Å²) in [5, 5.41) is 0. The normalized spacial score (nSPS) is 17.1. The second kappa shape index (κ2) is 6.44. The van der Waals surface area contributed by atoms with Crippen LogP contribution in [0.25, 0.3) is 0 Å². The van der Waals surface area contributed by atoms with Gasteiger partial charge in [-0.25, -0.2) is 0 Å². The van der Waals surface area contributed by atoms with Gasteiger partial charge in [-0.15, -0.1) is 0 Å². The van der Waals surface area contributed by atoms with Crippen LogP contribution in [0.15, 0.2) is 0 Å². The molecule has 0 atom stereocenters. The van der Waals surface area contributed by atoms with E-state index in [1.165, 1.54) is 4.90 Å². The van der Waals surface area contributed by atoms with Crippen LogP contribution in [0.5, 0.6) is 0 Å². The van der Waals surface area contributed by atoms with Crippen LogP contribution >= 0.6 is 0 Å². The lowest BCUT2D eigenvalue weighted by molar-refractivity contribution is -0.144. The van der Waals surface area contributed by atoms with Crippen molar-refractivity contribution in [3.8, 4) is 0 Å². The molecule has 0 unspecified atom stereocenters. The van der Waals surface area contributed by atoms with E-state index in [-0.39, 0.29) is 0 Å². The van der Waals surface area contributed by atoms with Gasteiger partial charge in [0.2, 0.25) is 0 Å². The van der Waals surface area contributed by atoms with Crippen LogP contribution in [-0.2, 0) is 14.3 Å². The Bertz CT molecular complexity index is 252. The van der Waals surface area contributed by atoms with Crippen molar-refractivity contribution >= 4 is 11.8 Å². The van der Waals surface area contributed by atoms with Gasteiger partial charge in [-0.2, -0.15) is 0 Å². The fraction of sp³-hybridized carbons (Fsp3) is 0.800. The van der Waals surface area contributed by atoms with Crippen LogP contribution < -0.4 is 5.73 Å². The summed E-state index contributed by atoms with van der Waals surface area (Å²) in [6, 6.07) is 0. The molecule has 0 aromatic carbocycles. The number of nitrogens with two attached hydrogens (primary N) is 1. The van der Waals surface area contributed by atoms with Gasteiger partial charge in [0.15, 0.2) is 0 Å². The SMILES string of the molecule is CCN(CCN1CCOCC1)C(=O)C(N)=O. The molecule has 2 amide bonds. The Hall–Kier alpha value is -1.14. The molecule has 6 heteroatoms. The van der Waals surface area contributed by atoms with Gasteiger partial charge in [0.05, 0.1) is 13.2 Å². The van der Waals surface area contributed by atoms with Gasteiger partial charge in [-0.1, -0.05) is 0 Å². The van der Waals surface area contributed by atoms with E-state index < -0.39 is 11.8 Å². The summed E-state index contributed by atoms with van der Waals surface area (Å²) >= 11 is 0. The molecular formula is C10H19N3O3. The maximum Gasteiger partial charge on any atom is 0.311 e. The smallest absolute Gasteiger partial charge is 0.311 e. The molecule has 0 aromatic rings. The molecule has 0 saturated carbocycles. The third-order valence-electron chi connectivity index (χ3n) is 2.67. The predicted octanol–water partition coefficient (Wildman–Crippen LogP) is -1.35. The summed E-state index contributed by atoms with van der Waals surface area (Å²) in [5.41, 5.74) is 4.96. The van der Waals surface area contributed by atoms with E-state index in [0.717, 1.165) is 32.8 Å². The molecule has 0 spiro atoms. The Labute approximate surface area is 95.3 Å². The number of primary amides is 1. The molecule has 1 aliphatic rings.